The van der Waals surface area contributed by atoms with E-state index in [0.717, 1.165) is 34.3 Å². The molecule has 2 N–H and O–H groups in total. The Balaban J connectivity index is 2.07. The van der Waals surface area contributed by atoms with Gasteiger partial charge in [0, 0.05) is 29.1 Å². The number of pyridine rings is 2. The van der Waals surface area contributed by atoms with Gasteiger partial charge in [0.25, 0.3) is 5.56 Å². The number of hydrogen-bond donors (Lipinski definition) is 2. The predicted molar refractivity (Wildman–Crippen MR) is 129 cm³/mol. The SMILES string of the molecule is COc1c(C=Cc2ccc(NS(C)(=O)=O)nc2)cc(-c2ccc[nH]c2=O)cc1C(C)(C)C. The molecule has 2 aromatic heterocycles. The Bertz CT molecular complexity index is 1300. The van der Waals surface area contributed by atoms with E-state index < -0.39 is 10.0 Å². The second-order valence-corrected chi connectivity index (χ2v) is 10.2. The summed E-state index contributed by atoms with van der Waals surface area (Å²) in [6.45, 7) is 6.28. The van der Waals surface area contributed by atoms with E-state index in [0.29, 0.717) is 5.56 Å². The number of methoxy groups -OCH3 is 1. The molecule has 0 radical (unpaired) electrons. The third-order valence-electron chi connectivity index (χ3n) is 4.79. The van der Waals surface area contributed by atoms with Crippen molar-refractivity contribution in [2.45, 2.75) is 26.2 Å². The van der Waals surface area contributed by atoms with E-state index in [1.807, 2.05) is 24.3 Å². The molecule has 0 bridgehead atoms. The van der Waals surface area contributed by atoms with Crippen molar-refractivity contribution in [1.29, 1.82) is 0 Å². The highest BCUT2D eigenvalue weighted by Crippen LogP contribution is 2.38. The van der Waals surface area contributed by atoms with Gasteiger partial charge in [0.05, 0.1) is 13.4 Å². The first-order chi connectivity index (χ1) is 15.0. The average Bonchev–Trinajstić information content (AvgIpc) is 2.71. The molecule has 32 heavy (non-hydrogen) atoms. The zero-order valence-corrected chi connectivity index (χ0v) is 19.6. The molecule has 0 saturated heterocycles. The van der Waals surface area contributed by atoms with Crippen LogP contribution in [0.4, 0.5) is 5.82 Å². The van der Waals surface area contributed by atoms with Crippen LogP contribution < -0.4 is 15.0 Å². The monoisotopic (exact) mass is 453 g/mol. The molecule has 0 fully saturated rings. The molecule has 7 nitrogen and oxygen atoms in total. The highest BCUT2D eigenvalue weighted by atomic mass is 32.2. The topological polar surface area (TPSA) is 101 Å². The van der Waals surface area contributed by atoms with Gasteiger partial charge in [0.15, 0.2) is 0 Å². The molecule has 168 valence electrons. The van der Waals surface area contributed by atoms with Crippen molar-refractivity contribution in [2.75, 3.05) is 18.1 Å². The first-order valence-corrected chi connectivity index (χ1v) is 11.9. The quantitative estimate of drug-likeness (QED) is 0.580. The van der Waals surface area contributed by atoms with E-state index in [4.69, 9.17) is 4.74 Å². The number of hydrogen-bond acceptors (Lipinski definition) is 5. The molecule has 0 aliphatic rings. The summed E-state index contributed by atoms with van der Waals surface area (Å²) in [7, 11) is -1.75. The standard InChI is InChI=1S/C24H27N3O4S/c1-24(2,3)20-14-18(19-7-6-12-25-23(19)28)13-17(22(20)31-4)10-8-16-9-11-21(26-15-16)27-32(5,29)30/h6-15H,1-5H3,(H,25,28)(H,26,27). The summed E-state index contributed by atoms with van der Waals surface area (Å²) in [6, 6.07) is 10.9. The van der Waals surface area contributed by atoms with Crippen molar-refractivity contribution in [1.82, 2.24) is 9.97 Å². The van der Waals surface area contributed by atoms with Crippen LogP contribution in [0.2, 0.25) is 0 Å². The van der Waals surface area contributed by atoms with Crippen LogP contribution in [-0.2, 0) is 15.4 Å². The zero-order valence-electron chi connectivity index (χ0n) is 18.8. The Kier molecular flexibility index (Phi) is 6.55. The molecule has 0 aliphatic carbocycles. The van der Waals surface area contributed by atoms with Gasteiger partial charge in [-0.15, -0.1) is 0 Å². The normalized spacial score (nSPS) is 12.2. The van der Waals surface area contributed by atoms with Crippen LogP contribution in [0.1, 0.15) is 37.5 Å². The van der Waals surface area contributed by atoms with Gasteiger partial charge in [-0.2, -0.15) is 0 Å². The summed E-state index contributed by atoms with van der Waals surface area (Å²) >= 11 is 0. The lowest BCUT2D eigenvalue weighted by molar-refractivity contribution is 0.397. The van der Waals surface area contributed by atoms with Crippen LogP contribution in [0, 0.1) is 0 Å². The number of aromatic nitrogens is 2. The molecule has 0 spiro atoms. The molecule has 8 heteroatoms. The van der Waals surface area contributed by atoms with Gasteiger partial charge in [0.1, 0.15) is 11.6 Å². The maximum atomic E-state index is 12.4. The summed E-state index contributed by atoms with van der Waals surface area (Å²) in [4.78, 5) is 19.3. The largest absolute Gasteiger partial charge is 0.496 e. The third kappa shape index (κ3) is 5.64. The van der Waals surface area contributed by atoms with Crippen molar-refractivity contribution in [3.05, 3.63) is 75.8 Å². The number of H-pyrrole nitrogens is 1. The fourth-order valence-corrected chi connectivity index (χ4v) is 3.81. The molecule has 0 saturated carbocycles. The van der Waals surface area contributed by atoms with Crippen LogP contribution in [0.25, 0.3) is 23.3 Å². The van der Waals surface area contributed by atoms with E-state index in [1.54, 1.807) is 43.8 Å². The van der Waals surface area contributed by atoms with Gasteiger partial charge in [-0.1, -0.05) is 32.9 Å². The number of nitrogens with one attached hydrogen (secondary N) is 2. The van der Waals surface area contributed by atoms with Gasteiger partial charge in [-0.3, -0.25) is 9.52 Å². The molecule has 1 aromatic carbocycles. The van der Waals surface area contributed by atoms with Gasteiger partial charge in [-0.25, -0.2) is 13.4 Å². The predicted octanol–water partition coefficient (Wildman–Crippen LogP) is 4.28. The summed E-state index contributed by atoms with van der Waals surface area (Å²) in [6.07, 6.45) is 8.02. The molecule has 0 atom stereocenters. The van der Waals surface area contributed by atoms with E-state index >= 15 is 0 Å². The number of aromatic amines is 1. The van der Waals surface area contributed by atoms with E-state index in [-0.39, 0.29) is 16.8 Å². The number of rotatable bonds is 6. The first-order valence-electron chi connectivity index (χ1n) is 10.0. The second kappa shape index (κ2) is 9.00. The Morgan fingerprint density at radius 1 is 1.12 bits per heavy atom. The smallest absolute Gasteiger partial charge is 0.255 e. The number of nitrogens with zero attached hydrogens (tertiary/aromatic N) is 1. The Morgan fingerprint density at radius 2 is 1.88 bits per heavy atom. The minimum atomic E-state index is -3.38. The first kappa shape index (κ1) is 23.3. The van der Waals surface area contributed by atoms with Crippen molar-refractivity contribution in [2.24, 2.45) is 0 Å². The molecular formula is C24H27N3O4S. The number of ether oxygens (including phenoxy) is 1. The lowest BCUT2D eigenvalue weighted by atomic mass is 9.83. The lowest BCUT2D eigenvalue weighted by Crippen LogP contribution is -2.15. The Hall–Kier alpha value is -3.39. The molecule has 2 heterocycles. The van der Waals surface area contributed by atoms with Crippen molar-refractivity contribution in [3.63, 3.8) is 0 Å². The second-order valence-electron chi connectivity index (χ2n) is 8.49. The number of sulfonamides is 1. The molecule has 0 unspecified atom stereocenters. The van der Waals surface area contributed by atoms with E-state index in [2.05, 4.69) is 35.5 Å². The molecular weight excluding hydrogens is 426 g/mol. The van der Waals surface area contributed by atoms with Gasteiger partial charge >= 0.3 is 0 Å². The van der Waals surface area contributed by atoms with Gasteiger partial charge in [0.2, 0.25) is 10.0 Å². The summed E-state index contributed by atoms with van der Waals surface area (Å²) in [5.74, 6) is 0.982. The third-order valence-corrected chi connectivity index (χ3v) is 5.37. The van der Waals surface area contributed by atoms with Gasteiger partial charge in [-0.05, 0) is 52.9 Å². The summed E-state index contributed by atoms with van der Waals surface area (Å²) in [5, 5.41) is 0. The highest BCUT2D eigenvalue weighted by molar-refractivity contribution is 7.92. The zero-order chi connectivity index (χ0) is 23.5. The van der Waals surface area contributed by atoms with Crippen LogP contribution >= 0.6 is 0 Å². The van der Waals surface area contributed by atoms with E-state index in [9.17, 15) is 13.2 Å². The van der Waals surface area contributed by atoms with Crippen molar-refractivity contribution < 1.29 is 13.2 Å². The van der Waals surface area contributed by atoms with Crippen molar-refractivity contribution in [3.8, 4) is 16.9 Å². The minimum Gasteiger partial charge on any atom is -0.496 e. The average molecular weight is 454 g/mol. The Morgan fingerprint density at radius 3 is 2.44 bits per heavy atom. The fraction of sp³-hybridized carbons (Fsp3) is 0.250. The van der Waals surface area contributed by atoms with Crippen LogP contribution in [-0.4, -0.2) is 31.8 Å². The molecule has 0 amide bonds. The lowest BCUT2D eigenvalue weighted by Gasteiger charge is -2.24. The minimum absolute atomic E-state index is 0.161. The van der Waals surface area contributed by atoms with Crippen LogP contribution in [0.5, 0.6) is 5.75 Å². The molecule has 3 aromatic rings. The fourth-order valence-electron chi connectivity index (χ4n) is 3.30. The van der Waals surface area contributed by atoms with Crippen LogP contribution in [0.15, 0.2) is 53.6 Å². The Labute approximate surface area is 188 Å². The summed E-state index contributed by atoms with van der Waals surface area (Å²) in [5.41, 5.74) is 3.57. The van der Waals surface area contributed by atoms with Crippen molar-refractivity contribution >= 4 is 28.0 Å². The maximum Gasteiger partial charge on any atom is 0.255 e. The molecule has 0 aliphatic heterocycles. The molecule has 3 rings (SSSR count). The summed E-state index contributed by atoms with van der Waals surface area (Å²) < 4.78 is 30.8. The highest BCUT2D eigenvalue weighted by Gasteiger charge is 2.22. The van der Waals surface area contributed by atoms with E-state index in [1.165, 1.54) is 0 Å². The van der Waals surface area contributed by atoms with Gasteiger partial charge < -0.3 is 9.72 Å². The maximum absolute atomic E-state index is 12.4. The number of anilines is 1. The van der Waals surface area contributed by atoms with Crippen LogP contribution in [0.3, 0.4) is 0 Å². The number of benzene rings is 1.